The van der Waals surface area contributed by atoms with Crippen LogP contribution in [0.25, 0.3) is 0 Å². The van der Waals surface area contributed by atoms with Crippen LogP contribution < -0.4 is 0 Å². The van der Waals surface area contributed by atoms with Gasteiger partial charge in [-0.05, 0) is 39.1 Å². The third kappa shape index (κ3) is 10.6. The van der Waals surface area contributed by atoms with Crippen molar-refractivity contribution >= 4 is 0 Å². The molecular weight excluding hydrogens is 322 g/mol. The molecule has 0 aliphatic rings. The summed E-state index contributed by atoms with van der Waals surface area (Å²) in [5.74, 6) is 0. The van der Waals surface area contributed by atoms with E-state index in [1.807, 2.05) is 0 Å². The Morgan fingerprint density at radius 1 is 1.00 bits per heavy atom. The number of methoxy groups -OCH3 is 1. The summed E-state index contributed by atoms with van der Waals surface area (Å²) in [6, 6.07) is 8.77. The molecule has 5 nitrogen and oxygen atoms in total. The minimum absolute atomic E-state index is 0. The van der Waals surface area contributed by atoms with Crippen molar-refractivity contribution in [3.8, 4) is 0 Å². The Kier molecular flexibility index (Phi) is 26.2. The number of ether oxygens (including phenoxy) is 1. The van der Waals surface area contributed by atoms with Crippen molar-refractivity contribution in [1.82, 2.24) is 4.90 Å². The minimum atomic E-state index is 0. The smallest absolute Gasteiger partial charge is 0 e. The normalized spacial score (nSPS) is 10.7. The van der Waals surface area contributed by atoms with Gasteiger partial charge in [0.05, 0.1) is 6.10 Å². The van der Waals surface area contributed by atoms with Crippen molar-refractivity contribution in [3.05, 3.63) is 55.3 Å². The molecule has 22 heavy (non-hydrogen) atoms. The Hall–Kier alpha value is -1.11. The van der Waals surface area contributed by atoms with Gasteiger partial charge in [0.1, 0.15) is 0 Å². The quantitative estimate of drug-likeness (QED) is 0.622. The first-order chi connectivity index (χ1) is 10.1. The van der Waals surface area contributed by atoms with Crippen molar-refractivity contribution in [2.75, 3.05) is 21.2 Å². The molecule has 0 saturated heterocycles. The van der Waals surface area contributed by atoms with Gasteiger partial charge in [-0.1, -0.05) is 24.3 Å². The average Bonchev–Trinajstić information content (AvgIpc) is 2.55. The number of benzene rings is 1. The van der Waals surface area contributed by atoms with Gasteiger partial charge in [-0.3, -0.25) is 0 Å². The maximum Gasteiger partial charge on any atom is 0 e. The predicted molar refractivity (Wildman–Crippen MR) is 75.9 cm³/mol. The maximum absolute atomic E-state index is 7.50. The first-order valence-electron chi connectivity index (χ1n) is 5.94. The summed E-state index contributed by atoms with van der Waals surface area (Å²) in [6.07, 6.45) is 0.140. The monoisotopic (exact) mass is 343 g/mol. The van der Waals surface area contributed by atoms with Gasteiger partial charge in [0.15, 0.2) is 0 Å². The largest absolute Gasteiger partial charge is 0 e. The van der Waals surface area contributed by atoms with Gasteiger partial charge >= 0.3 is 33.9 Å². The van der Waals surface area contributed by atoms with Crippen molar-refractivity contribution in [3.63, 3.8) is 0 Å². The van der Waals surface area contributed by atoms with Gasteiger partial charge in [-0.25, -0.2) is 0 Å². The Morgan fingerprint density at radius 2 is 1.41 bits per heavy atom. The average molecular weight is 343 g/mol. The second-order valence-corrected chi connectivity index (χ2v) is 4.22. The van der Waals surface area contributed by atoms with E-state index in [4.69, 9.17) is 18.7 Å². The molecule has 0 N–H and O–H groups in total. The summed E-state index contributed by atoms with van der Waals surface area (Å²) >= 11 is 0. The number of nitrogens with zero attached hydrogens (tertiary/aromatic N) is 1. The summed E-state index contributed by atoms with van der Waals surface area (Å²) in [5.41, 5.74) is 2.57. The van der Waals surface area contributed by atoms with Crippen LogP contribution in [0.4, 0.5) is 0 Å². The van der Waals surface area contributed by atoms with Crippen LogP contribution in [0.3, 0.4) is 0 Å². The second-order valence-electron chi connectivity index (χ2n) is 4.22. The van der Waals surface area contributed by atoms with E-state index in [-0.39, 0.29) is 23.5 Å². The zero-order chi connectivity index (χ0) is 17.4. The molecule has 0 bridgehead atoms. The van der Waals surface area contributed by atoms with E-state index in [9.17, 15) is 0 Å². The van der Waals surface area contributed by atoms with E-state index in [1.54, 1.807) is 7.11 Å². The van der Waals surface area contributed by atoms with Gasteiger partial charge in [-0.2, -0.15) is 0 Å². The van der Waals surface area contributed by atoms with Crippen molar-refractivity contribution in [2.24, 2.45) is 0 Å². The molecular formula is C16H21CrNO4. The van der Waals surface area contributed by atoms with E-state index >= 15 is 0 Å². The van der Waals surface area contributed by atoms with Crippen molar-refractivity contribution in [2.45, 2.75) is 26.0 Å². The first kappa shape index (κ1) is 29.0. The Bertz CT molecular complexity index is 415. The van der Waals surface area contributed by atoms with E-state index in [0.717, 1.165) is 0 Å². The topological polar surface area (TPSA) is 72.2 Å². The van der Waals surface area contributed by atoms with Gasteiger partial charge < -0.3 is 9.64 Å². The van der Waals surface area contributed by atoms with Crippen LogP contribution in [0.1, 0.15) is 24.2 Å². The van der Waals surface area contributed by atoms with E-state index in [1.165, 1.54) is 11.1 Å². The third-order valence-corrected chi connectivity index (χ3v) is 3.00. The molecule has 0 aromatic heterocycles. The molecule has 1 aromatic rings. The zero-order valence-corrected chi connectivity index (χ0v) is 14.7. The molecule has 0 aliphatic heterocycles. The van der Waals surface area contributed by atoms with Crippen LogP contribution in [0.2, 0.25) is 0 Å². The number of rotatable bonds is 4. The van der Waals surface area contributed by atoms with Crippen molar-refractivity contribution < 1.29 is 36.1 Å². The molecule has 0 amide bonds. The van der Waals surface area contributed by atoms with E-state index in [2.05, 4.69) is 77.1 Å². The molecule has 0 fully saturated rings. The SMILES string of the molecule is CO[C@H](c1ccccc1C)[C@H](C)N(C)C.[C-]#[O+].[C-]#[O+].[C-]#[O+].[Cr]. The fourth-order valence-corrected chi connectivity index (χ4v) is 1.76. The molecule has 0 spiro atoms. The molecule has 0 aliphatic carbocycles. The maximum atomic E-state index is 7.50. The molecule has 120 valence electrons. The fraction of sp³-hybridized carbons (Fsp3) is 0.438. The van der Waals surface area contributed by atoms with Crippen LogP contribution in [-0.4, -0.2) is 32.1 Å². The van der Waals surface area contributed by atoms with E-state index in [0.29, 0.717) is 6.04 Å². The van der Waals surface area contributed by atoms with Crippen LogP contribution >= 0.6 is 0 Å². The molecule has 0 unspecified atom stereocenters. The molecule has 1 rings (SSSR count). The summed E-state index contributed by atoms with van der Waals surface area (Å²) in [5, 5.41) is 0. The Labute approximate surface area is 143 Å². The number of likely N-dealkylation sites (N-methyl/N-ethyl adjacent to an activating group) is 1. The molecule has 2 atom stereocenters. The van der Waals surface area contributed by atoms with Crippen LogP contribution in [0.5, 0.6) is 0 Å². The van der Waals surface area contributed by atoms with Crippen LogP contribution in [0.15, 0.2) is 24.3 Å². The Morgan fingerprint density at radius 3 is 1.73 bits per heavy atom. The van der Waals surface area contributed by atoms with Gasteiger partial charge in [-0.15, -0.1) is 0 Å². The number of hydrogen-bond acceptors (Lipinski definition) is 2. The van der Waals surface area contributed by atoms with Gasteiger partial charge in [0, 0.05) is 30.5 Å². The third-order valence-electron chi connectivity index (χ3n) is 3.00. The van der Waals surface area contributed by atoms with Gasteiger partial charge in [0.25, 0.3) is 0 Å². The molecule has 6 heteroatoms. The summed E-state index contributed by atoms with van der Waals surface area (Å²) < 4.78 is 28.1. The van der Waals surface area contributed by atoms with Crippen LogP contribution in [0, 0.1) is 26.9 Å². The molecule has 0 radical (unpaired) electrons. The van der Waals surface area contributed by atoms with Crippen LogP contribution in [-0.2, 0) is 36.1 Å². The minimum Gasteiger partial charge on any atom is 0 e. The standard InChI is InChI=1S/C13H21NO.3CO.Cr/c1-10-8-6-7-9-12(10)13(15-5)11(2)14(3)4;3*1-2;/h6-9,11,13H,1-5H3;;;;/t11-,13-;;;;/m0..../s1. The second kappa shape index (κ2) is 19.9. The van der Waals surface area contributed by atoms with Crippen molar-refractivity contribution in [1.29, 1.82) is 0 Å². The number of aryl methyl sites for hydroxylation is 1. The Balaban J connectivity index is -0.000000206. The summed E-state index contributed by atoms with van der Waals surface area (Å²) in [4.78, 5) is 2.18. The first-order valence-corrected chi connectivity index (χ1v) is 5.94. The van der Waals surface area contributed by atoms with Gasteiger partial charge in [0.2, 0.25) is 0 Å². The molecule has 1 aromatic carbocycles. The molecule has 0 heterocycles. The number of hydrogen-bond donors (Lipinski definition) is 0. The zero-order valence-electron chi connectivity index (χ0n) is 13.5. The molecule has 0 saturated carbocycles. The predicted octanol–water partition coefficient (Wildman–Crippen LogP) is 2.52. The summed E-state index contributed by atoms with van der Waals surface area (Å²) in [7, 11) is 5.93. The fourth-order valence-electron chi connectivity index (χ4n) is 1.76. The van der Waals surface area contributed by atoms with E-state index < -0.39 is 0 Å². The summed E-state index contributed by atoms with van der Waals surface area (Å²) in [6.45, 7) is 17.8.